The molecule has 0 saturated heterocycles. The molecule has 0 radical (unpaired) electrons. The van der Waals surface area contributed by atoms with E-state index in [1.54, 1.807) is 0 Å². The zero-order chi connectivity index (χ0) is 31.8. The van der Waals surface area contributed by atoms with E-state index in [4.69, 9.17) is 0 Å². The Morgan fingerprint density at radius 3 is 1.90 bits per heavy atom. The van der Waals surface area contributed by atoms with E-state index in [1.165, 1.54) is 87.0 Å². The van der Waals surface area contributed by atoms with Crippen molar-refractivity contribution in [1.82, 2.24) is 18.5 Å². The molecule has 226 valence electrons. The van der Waals surface area contributed by atoms with E-state index >= 15 is 0 Å². The van der Waals surface area contributed by atoms with Crippen LogP contribution in [0.3, 0.4) is 0 Å². The summed E-state index contributed by atoms with van der Waals surface area (Å²) >= 11 is 0. The van der Waals surface area contributed by atoms with E-state index in [9.17, 15) is 0 Å². The molecule has 0 fully saturated rings. The van der Waals surface area contributed by atoms with Gasteiger partial charge in [0.05, 0.1) is 44.8 Å². The molecule has 0 aliphatic rings. The lowest BCUT2D eigenvalue weighted by Crippen LogP contribution is -1.96. The highest BCUT2D eigenvalue weighted by Crippen LogP contribution is 2.47. The third-order valence-corrected chi connectivity index (χ3v) is 10.8. The lowest BCUT2D eigenvalue weighted by atomic mass is 10.0. The number of para-hydroxylation sites is 3. The van der Waals surface area contributed by atoms with Crippen LogP contribution in [0.4, 0.5) is 0 Å². The molecule has 12 rings (SSSR count). The van der Waals surface area contributed by atoms with Gasteiger partial charge < -0.3 is 13.5 Å². The topological polar surface area (TPSA) is 27.2 Å². The summed E-state index contributed by atoms with van der Waals surface area (Å²) in [5.41, 5.74) is 10.8. The molecule has 0 aliphatic carbocycles. The summed E-state index contributed by atoms with van der Waals surface area (Å²) in [7, 11) is 0. The summed E-state index contributed by atoms with van der Waals surface area (Å²) in [6.45, 7) is 0. The molecule has 5 aromatic heterocycles. The Balaban J connectivity index is 1.31. The van der Waals surface area contributed by atoms with Crippen molar-refractivity contribution in [1.29, 1.82) is 0 Å². The molecule has 0 N–H and O–H groups in total. The summed E-state index contributed by atoms with van der Waals surface area (Å²) < 4.78 is 7.35. The summed E-state index contributed by atoms with van der Waals surface area (Å²) in [5, 5.41) is 12.6. The van der Waals surface area contributed by atoms with Crippen LogP contribution in [-0.2, 0) is 0 Å². The maximum atomic E-state index is 4.55. The second-order valence-corrected chi connectivity index (χ2v) is 13.2. The van der Waals surface area contributed by atoms with Gasteiger partial charge >= 0.3 is 0 Å². The number of hydrogen-bond acceptors (Lipinski definition) is 1. The van der Waals surface area contributed by atoms with Crippen molar-refractivity contribution in [3.63, 3.8) is 0 Å². The van der Waals surface area contributed by atoms with Gasteiger partial charge in [0.25, 0.3) is 0 Å². The smallest absolute Gasteiger partial charge is 0.0724 e. The van der Waals surface area contributed by atoms with Crippen LogP contribution in [0, 0.1) is 0 Å². The van der Waals surface area contributed by atoms with Crippen LogP contribution in [0.25, 0.3) is 104 Å². The fourth-order valence-electron chi connectivity index (χ4n) is 8.81. The van der Waals surface area contributed by atoms with Crippen molar-refractivity contribution in [2.24, 2.45) is 0 Å². The molecule has 0 bridgehead atoms. The van der Waals surface area contributed by atoms with E-state index in [-0.39, 0.29) is 0 Å². The number of aromatic nitrogens is 4. The number of fused-ring (bicyclic) bond motifs is 14. The molecule has 49 heavy (non-hydrogen) atoms. The van der Waals surface area contributed by atoms with Crippen LogP contribution in [-0.4, -0.2) is 18.5 Å². The minimum Gasteiger partial charge on any atom is -0.308 e. The molecule has 5 heterocycles. The number of benzene rings is 7. The van der Waals surface area contributed by atoms with E-state index in [0.29, 0.717) is 0 Å². The predicted molar refractivity (Wildman–Crippen MR) is 205 cm³/mol. The quantitative estimate of drug-likeness (QED) is 0.188. The van der Waals surface area contributed by atoms with Crippen LogP contribution in [0.5, 0.6) is 0 Å². The Morgan fingerprint density at radius 1 is 0.367 bits per heavy atom. The zero-order valence-electron chi connectivity index (χ0n) is 26.3. The highest BCUT2D eigenvalue weighted by molar-refractivity contribution is 6.34. The van der Waals surface area contributed by atoms with E-state index in [0.717, 1.165) is 16.9 Å². The van der Waals surface area contributed by atoms with E-state index in [2.05, 4.69) is 164 Å². The van der Waals surface area contributed by atoms with E-state index < -0.39 is 0 Å². The summed E-state index contributed by atoms with van der Waals surface area (Å²) in [6.07, 6.45) is 3.89. The lowest BCUT2D eigenvalue weighted by molar-refractivity contribution is 1.16. The van der Waals surface area contributed by atoms with Crippen molar-refractivity contribution >= 4 is 92.5 Å². The minimum absolute atomic E-state index is 1.10. The number of hydrogen-bond donors (Lipinski definition) is 0. The molecule has 0 atom stereocenters. The van der Waals surface area contributed by atoms with Crippen molar-refractivity contribution in [3.8, 4) is 11.4 Å². The Hall–Kier alpha value is -6.65. The largest absolute Gasteiger partial charge is 0.308 e. The van der Waals surface area contributed by atoms with Crippen LogP contribution >= 0.6 is 0 Å². The molecule has 0 aliphatic heterocycles. The highest BCUT2D eigenvalue weighted by Gasteiger charge is 2.25. The van der Waals surface area contributed by atoms with Crippen LogP contribution in [0.2, 0.25) is 0 Å². The lowest BCUT2D eigenvalue weighted by Gasteiger charge is -2.11. The average Bonchev–Trinajstić information content (AvgIpc) is 3.88. The monoisotopic (exact) mass is 622 g/mol. The van der Waals surface area contributed by atoms with Gasteiger partial charge in [-0.3, -0.25) is 4.98 Å². The molecular weight excluding hydrogens is 597 g/mol. The first kappa shape index (κ1) is 25.4. The maximum absolute atomic E-state index is 4.55. The summed E-state index contributed by atoms with van der Waals surface area (Å²) in [5.74, 6) is 0. The average molecular weight is 623 g/mol. The Morgan fingerprint density at radius 2 is 1.04 bits per heavy atom. The van der Waals surface area contributed by atoms with Gasteiger partial charge in [-0.05, 0) is 77.5 Å². The molecule has 0 saturated carbocycles. The van der Waals surface area contributed by atoms with Crippen LogP contribution in [0.15, 0.2) is 158 Å². The van der Waals surface area contributed by atoms with Crippen molar-refractivity contribution < 1.29 is 0 Å². The second-order valence-electron chi connectivity index (χ2n) is 13.2. The fraction of sp³-hybridized carbons (Fsp3) is 0. The Bertz CT molecular complexity index is 3320. The highest BCUT2D eigenvalue weighted by atomic mass is 15.0. The molecule has 0 spiro atoms. The molecule has 0 amide bonds. The van der Waals surface area contributed by atoms with Gasteiger partial charge in [0.2, 0.25) is 0 Å². The molecule has 4 heteroatoms. The van der Waals surface area contributed by atoms with Gasteiger partial charge in [-0.1, -0.05) is 78.9 Å². The normalized spacial score (nSPS) is 12.5. The zero-order valence-corrected chi connectivity index (χ0v) is 26.3. The third-order valence-electron chi connectivity index (χ3n) is 10.8. The van der Waals surface area contributed by atoms with E-state index in [1.807, 2.05) is 12.4 Å². The molecule has 7 aromatic carbocycles. The third kappa shape index (κ3) is 3.16. The molecule has 4 nitrogen and oxygen atoms in total. The first-order valence-electron chi connectivity index (χ1n) is 16.8. The maximum Gasteiger partial charge on any atom is 0.0724 e. The summed E-state index contributed by atoms with van der Waals surface area (Å²) in [4.78, 5) is 4.55. The minimum atomic E-state index is 1.10. The van der Waals surface area contributed by atoms with Crippen LogP contribution < -0.4 is 0 Å². The number of pyridine rings is 1. The van der Waals surface area contributed by atoms with Gasteiger partial charge in [0, 0.05) is 60.7 Å². The van der Waals surface area contributed by atoms with Gasteiger partial charge in [-0.15, -0.1) is 0 Å². The number of nitrogens with zero attached hydrogens (tertiary/aromatic N) is 4. The molecular formula is C45H26N4. The first-order chi connectivity index (χ1) is 24.3. The van der Waals surface area contributed by atoms with Crippen LogP contribution in [0.1, 0.15) is 0 Å². The fourth-order valence-corrected chi connectivity index (χ4v) is 8.81. The molecule has 12 aromatic rings. The Kier molecular flexibility index (Phi) is 4.69. The second kappa shape index (κ2) is 9.03. The molecule has 0 unspecified atom stereocenters. The van der Waals surface area contributed by atoms with Crippen molar-refractivity contribution in [3.05, 3.63) is 158 Å². The Labute approximate surface area is 279 Å². The first-order valence-corrected chi connectivity index (χ1v) is 16.8. The van der Waals surface area contributed by atoms with Gasteiger partial charge in [-0.25, -0.2) is 0 Å². The summed E-state index contributed by atoms with van der Waals surface area (Å²) in [6, 6.07) is 53.5. The predicted octanol–water partition coefficient (Wildman–Crippen LogP) is 11.6. The number of rotatable bonds is 2. The van der Waals surface area contributed by atoms with Gasteiger partial charge in [0.1, 0.15) is 0 Å². The van der Waals surface area contributed by atoms with Gasteiger partial charge in [-0.2, -0.15) is 0 Å². The van der Waals surface area contributed by atoms with Crippen molar-refractivity contribution in [2.45, 2.75) is 0 Å². The van der Waals surface area contributed by atoms with Crippen molar-refractivity contribution in [2.75, 3.05) is 0 Å². The standard InChI is InChI=1S/C45H26N4/c1-2-12-29(13-3-1)47-40-19-18-30(24-35(40)32-20-21-46-26-42(32)47)48-41-23-28-11-5-4-10-27(28)22-34(41)37-25-36-31-14-6-8-16-38(31)49-39-17-9-7-15-33(39)43(44(37)48)45(36)49/h1-26H. The van der Waals surface area contributed by atoms with Gasteiger partial charge in [0.15, 0.2) is 0 Å². The SMILES string of the molecule is c1ccc(-n2c3ccc(-n4c5cc6ccccc6cc5c5cc6c7ccccc7n7c8ccccc8c(c54)c67)cc3c3ccncc32)cc1.